The Bertz CT molecular complexity index is 1210. The summed E-state index contributed by atoms with van der Waals surface area (Å²) in [6, 6.07) is 7.06. The van der Waals surface area contributed by atoms with Gasteiger partial charge in [-0.2, -0.15) is 0 Å². The number of benzene rings is 1. The topological polar surface area (TPSA) is 111 Å². The van der Waals surface area contributed by atoms with Gasteiger partial charge in [0.15, 0.2) is 0 Å². The number of nitrogens with zero attached hydrogens (tertiary/aromatic N) is 2. The maximum Gasteiger partial charge on any atom is 0.326 e. The molecule has 0 saturated carbocycles. The lowest BCUT2D eigenvalue weighted by Crippen LogP contribution is -2.47. The van der Waals surface area contributed by atoms with Crippen LogP contribution in [0.5, 0.6) is 5.75 Å². The third kappa shape index (κ3) is 8.49. The summed E-state index contributed by atoms with van der Waals surface area (Å²) in [6.45, 7) is 10.5. The number of aliphatic hydroxyl groups excluding tert-OH is 1. The fourth-order valence-corrected chi connectivity index (χ4v) is 5.16. The number of nitrogens with one attached hydrogen (secondary N) is 1. The summed E-state index contributed by atoms with van der Waals surface area (Å²) >= 11 is 0. The molecule has 9 heteroatoms. The van der Waals surface area contributed by atoms with Gasteiger partial charge < -0.3 is 23.9 Å². The van der Waals surface area contributed by atoms with Crippen molar-refractivity contribution in [1.29, 1.82) is 0 Å². The maximum absolute atomic E-state index is 12.4. The van der Waals surface area contributed by atoms with E-state index in [9.17, 15) is 14.7 Å². The molecule has 3 rings (SSSR count). The number of hydrogen-bond acceptors (Lipinski definition) is 8. The Morgan fingerprint density at radius 3 is 2.62 bits per heavy atom. The smallest absolute Gasteiger partial charge is 0.326 e. The highest BCUT2D eigenvalue weighted by molar-refractivity contribution is 6.04. The second-order valence-corrected chi connectivity index (χ2v) is 11.2. The molecule has 1 aromatic carbocycles. The lowest BCUT2D eigenvalue weighted by atomic mass is 9.85. The number of aliphatic hydroxyl groups is 1. The minimum absolute atomic E-state index is 0.0118. The summed E-state index contributed by atoms with van der Waals surface area (Å²) in [7, 11) is 3.50. The van der Waals surface area contributed by atoms with Gasteiger partial charge in [-0.15, -0.1) is 0 Å². The van der Waals surface area contributed by atoms with E-state index in [1.807, 2.05) is 31.3 Å². The van der Waals surface area contributed by atoms with Crippen molar-refractivity contribution >= 4 is 17.4 Å². The van der Waals surface area contributed by atoms with Crippen molar-refractivity contribution in [3.05, 3.63) is 57.5 Å². The number of methoxy groups -OCH3 is 1. The summed E-state index contributed by atoms with van der Waals surface area (Å²) in [5.41, 5.74) is 4.61. The third-order valence-corrected chi connectivity index (χ3v) is 7.07. The van der Waals surface area contributed by atoms with E-state index >= 15 is 0 Å². The summed E-state index contributed by atoms with van der Waals surface area (Å²) in [5.74, 6) is 0.764. The minimum atomic E-state index is -0.896. The lowest BCUT2D eigenvalue weighted by Gasteiger charge is -2.22. The lowest BCUT2D eigenvalue weighted by molar-refractivity contribution is -0.152. The predicted molar refractivity (Wildman–Crippen MR) is 157 cm³/mol. The summed E-state index contributed by atoms with van der Waals surface area (Å²) < 4.78 is 18.3. The van der Waals surface area contributed by atoms with Gasteiger partial charge in [-0.3, -0.25) is 19.9 Å². The molecule has 0 amide bonds. The quantitative estimate of drug-likeness (QED) is 0.286. The Hall–Kier alpha value is -3.01. The highest BCUT2D eigenvalue weighted by atomic mass is 16.5. The highest BCUT2D eigenvalue weighted by Crippen LogP contribution is 2.35. The number of carbonyl (C=O) groups excluding carboxylic acids is 1. The van der Waals surface area contributed by atoms with E-state index < -0.39 is 18.1 Å². The molecule has 2 heterocycles. The van der Waals surface area contributed by atoms with Crippen LogP contribution >= 0.6 is 0 Å². The van der Waals surface area contributed by atoms with Crippen molar-refractivity contribution in [2.45, 2.75) is 72.1 Å². The molecule has 0 aliphatic carbocycles. The molecule has 220 valence electrons. The van der Waals surface area contributed by atoms with E-state index in [2.05, 4.69) is 18.3 Å². The van der Waals surface area contributed by atoms with E-state index in [0.29, 0.717) is 37.0 Å². The molecule has 1 unspecified atom stereocenters. The number of rotatable bonds is 13. The fraction of sp³-hybridized carbons (Fsp3) is 0.581. The summed E-state index contributed by atoms with van der Waals surface area (Å²) in [4.78, 5) is 29.8. The molecule has 0 spiro atoms. The molecule has 9 nitrogen and oxygen atoms in total. The Balaban J connectivity index is 1.82. The SMILES string of the molecule is COC[C@H](C)CC1CCc2ccc(OCCN[C@H](C(=O)OC(C)C)[C@@H](C)O)cc2N=C1c1cc(C)c(=O)n(C)c1. The molecule has 0 bridgehead atoms. The number of aromatic nitrogens is 1. The number of hydrogen-bond donors (Lipinski definition) is 2. The number of esters is 1. The first-order valence-corrected chi connectivity index (χ1v) is 14.1. The van der Waals surface area contributed by atoms with Crippen LogP contribution in [-0.2, 0) is 27.7 Å². The molecule has 0 saturated heterocycles. The number of ether oxygens (including phenoxy) is 3. The molecule has 40 heavy (non-hydrogen) atoms. The summed E-state index contributed by atoms with van der Waals surface area (Å²) in [6.07, 6.45) is 3.48. The number of aryl methyl sites for hydroxylation is 3. The molecule has 4 atom stereocenters. The second-order valence-electron chi connectivity index (χ2n) is 11.2. The molecule has 0 fully saturated rings. The van der Waals surface area contributed by atoms with Gasteiger partial charge in [0.1, 0.15) is 18.4 Å². The van der Waals surface area contributed by atoms with Crippen molar-refractivity contribution in [3.63, 3.8) is 0 Å². The van der Waals surface area contributed by atoms with Crippen molar-refractivity contribution in [2.24, 2.45) is 23.9 Å². The average Bonchev–Trinajstić information content (AvgIpc) is 3.05. The fourth-order valence-electron chi connectivity index (χ4n) is 5.16. The van der Waals surface area contributed by atoms with E-state index in [-0.39, 0.29) is 17.6 Å². The normalized spacial score (nSPS) is 17.4. The van der Waals surface area contributed by atoms with Gasteiger partial charge >= 0.3 is 5.97 Å². The molecular formula is C31H45N3O6. The number of aliphatic imine (C=N–C) groups is 1. The van der Waals surface area contributed by atoms with Crippen LogP contribution in [0.4, 0.5) is 5.69 Å². The van der Waals surface area contributed by atoms with Gasteiger partial charge in [-0.25, -0.2) is 0 Å². The van der Waals surface area contributed by atoms with Crippen LogP contribution in [0.3, 0.4) is 0 Å². The zero-order valence-corrected chi connectivity index (χ0v) is 24.9. The molecule has 1 aliphatic rings. The van der Waals surface area contributed by atoms with Crippen molar-refractivity contribution in [3.8, 4) is 5.75 Å². The molecule has 1 aliphatic heterocycles. The van der Waals surface area contributed by atoms with Gasteiger partial charge in [0.25, 0.3) is 5.56 Å². The van der Waals surface area contributed by atoms with Crippen LogP contribution < -0.4 is 15.6 Å². The first-order valence-electron chi connectivity index (χ1n) is 14.1. The van der Waals surface area contributed by atoms with Crippen LogP contribution in [0, 0.1) is 18.8 Å². The van der Waals surface area contributed by atoms with Crippen LogP contribution in [0.25, 0.3) is 0 Å². The van der Waals surface area contributed by atoms with Gasteiger partial charge in [0.2, 0.25) is 0 Å². The predicted octanol–water partition coefficient (Wildman–Crippen LogP) is 3.72. The standard InChI is InChI=1S/C31H45N3O6/c1-19(2)40-31(37)28(22(5)35)32-12-13-39-26-11-10-23-8-9-24(14-20(3)18-38-7)29(33-27(23)16-26)25-15-21(4)30(36)34(6)17-25/h10-11,15-17,19-20,22,24,28,32,35H,8-9,12-14,18H2,1-7H3/t20-,22-,24?,28+/m1/s1. The third-order valence-electron chi connectivity index (χ3n) is 7.07. The van der Waals surface area contributed by atoms with Crippen LogP contribution in [0.15, 0.2) is 40.2 Å². The monoisotopic (exact) mass is 555 g/mol. The van der Waals surface area contributed by atoms with E-state index in [1.165, 1.54) is 0 Å². The molecule has 1 aromatic heterocycles. The van der Waals surface area contributed by atoms with Crippen LogP contribution in [0.1, 0.15) is 57.2 Å². The largest absolute Gasteiger partial charge is 0.492 e. The van der Waals surface area contributed by atoms with Crippen LogP contribution in [-0.4, -0.2) is 66.5 Å². The first kappa shape index (κ1) is 31.5. The van der Waals surface area contributed by atoms with E-state index in [4.69, 9.17) is 19.2 Å². The Labute approximate surface area is 237 Å². The number of fused-ring (bicyclic) bond motifs is 1. The Kier molecular flexibility index (Phi) is 11.5. The van der Waals surface area contributed by atoms with Gasteiger partial charge in [0, 0.05) is 56.6 Å². The summed E-state index contributed by atoms with van der Waals surface area (Å²) in [5, 5.41) is 13.0. The van der Waals surface area contributed by atoms with Crippen molar-refractivity contribution in [2.75, 3.05) is 26.9 Å². The first-order chi connectivity index (χ1) is 19.0. The van der Waals surface area contributed by atoms with E-state index in [0.717, 1.165) is 41.8 Å². The highest BCUT2D eigenvalue weighted by Gasteiger charge is 2.27. The second kappa shape index (κ2) is 14.6. The van der Waals surface area contributed by atoms with Crippen molar-refractivity contribution in [1.82, 2.24) is 9.88 Å². The van der Waals surface area contributed by atoms with Gasteiger partial charge in [-0.05, 0) is 70.6 Å². The minimum Gasteiger partial charge on any atom is -0.492 e. The molecule has 0 radical (unpaired) electrons. The molecule has 2 aromatic rings. The number of pyridine rings is 1. The van der Waals surface area contributed by atoms with Gasteiger partial charge in [0.05, 0.1) is 23.6 Å². The number of carbonyl (C=O) groups is 1. The van der Waals surface area contributed by atoms with Gasteiger partial charge in [-0.1, -0.05) is 13.0 Å². The zero-order valence-electron chi connectivity index (χ0n) is 24.9. The maximum atomic E-state index is 12.4. The van der Waals surface area contributed by atoms with Crippen molar-refractivity contribution < 1.29 is 24.1 Å². The molecular weight excluding hydrogens is 510 g/mol. The van der Waals surface area contributed by atoms with E-state index in [1.54, 1.807) is 39.5 Å². The average molecular weight is 556 g/mol. The Morgan fingerprint density at radius 2 is 1.98 bits per heavy atom. The Morgan fingerprint density at radius 1 is 1.23 bits per heavy atom. The molecule has 2 N–H and O–H groups in total. The zero-order chi connectivity index (χ0) is 29.4. The van der Waals surface area contributed by atoms with Crippen LogP contribution in [0.2, 0.25) is 0 Å².